The largest absolute Gasteiger partial charge is 0.495 e. The first-order valence-corrected chi connectivity index (χ1v) is 8.33. The van der Waals surface area contributed by atoms with Crippen LogP contribution in [0.3, 0.4) is 0 Å². The van der Waals surface area contributed by atoms with Crippen LogP contribution in [0.5, 0.6) is 5.75 Å². The molecule has 0 saturated carbocycles. The molecule has 1 atom stereocenters. The second-order valence-corrected chi connectivity index (χ2v) is 7.42. The van der Waals surface area contributed by atoms with Gasteiger partial charge < -0.3 is 15.4 Å². The van der Waals surface area contributed by atoms with Crippen LogP contribution in [0.25, 0.3) is 0 Å². The van der Waals surface area contributed by atoms with Gasteiger partial charge in [0.2, 0.25) is 9.70 Å². The van der Waals surface area contributed by atoms with Crippen molar-refractivity contribution in [2.75, 3.05) is 12.4 Å². The van der Waals surface area contributed by atoms with Crippen LogP contribution < -0.4 is 15.4 Å². The van der Waals surface area contributed by atoms with Gasteiger partial charge in [0.1, 0.15) is 11.9 Å². The van der Waals surface area contributed by atoms with Crippen LogP contribution >= 0.6 is 34.8 Å². The fraction of sp³-hybridized carbons (Fsp3) is 0.235. The van der Waals surface area contributed by atoms with Crippen molar-refractivity contribution in [1.29, 1.82) is 0 Å². The molecule has 0 aliphatic heterocycles. The predicted molar refractivity (Wildman–Crippen MR) is 99.0 cm³/mol. The number of methoxy groups -OCH3 is 1. The molecular weight excluding hydrogens is 371 g/mol. The molecule has 1 amide bonds. The molecule has 0 bridgehead atoms. The van der Waals surface area contributed by atoms with Crippen LogP contribution in [-0.4, -0.2) is 23.0 Å². The van der Waals surface area contributed by atoms with Crippen molar-refractivity contribution in [3.63, 3.8) is 0 Å². The third-order valence-electron chi connectivity index (χ3n) is 3.25. The maximum absolute atomic E-state index is 12.3. The average Bonchev–Trinajstić information content (AvgIpc) is 2.54. The Hall–Kier alpha value is -1.62. The van der Waals surface area contributed by atoms with Crippen LogP contribution in [0.15, 0.2) is 54.6 Å². The van der Waals surface area contributed by atoms with Gasteiger partial charge >= 0.3 is 0 Å². The molecule has 0 saturated heterocycles. The van der Waals surface area contributed by atoms with Crippen molar-refractivity contribution < 1.29 is 9.53 Å². The van der Waals surface area contributed by atoms with Crippen molar-refractivity contribution in [2.45, 2.75) is 16.4 Å². The third kappa shape index (κ3) is 5.48. The molecule has 0 spiro atoms. The lowest BCUT2D eigenvalue weighted by molar-refractivity contribution is -0.120. The molecule has 0 aliphatic rings. The number of alkyl halides is 3. The summed E-state index contributed by atoms with van der Waals surface area (Å²) in [6, 6.07) is 16.5. The number of amides is 1. The first-order valence-electron chi connectivity index (χ1n) is 7.19. The van der Waals surface area contributed by atoms with E-state index in [9.17, 15) is 4.79 Å². The molecule has 24 heavy (non-hydrogen) atoms. The lowest BCUT2D eigenvalue weighted by Gasteiger charge is -2.28. The van der Waals surface area contributed by atoms with Gasteiger partial charge in [0, 0.05) is 0 Å². The summed E-state index contributed by atoms with van der Waals surface area (Å²) in [5.41, 5.74) is 1.48. The number of rotatable bonds is 6. The zero-order valence-corrected chi connectivity index (χ0v) is 15.2. The molecule has 4 nitrogen and oxygen atoms in total. The molecular formula is C17H17Cl3N2O2. The Bertz CT molecular complexity index is 675. The molecule has 128 valence electrons. The van der Waals surface area contributed by atoms with E-state index in [1.807, 2.05) is 42.5 Å². The van der Waals surface area contributed by atoms with E-state index in [1.54, 1.807) is 19.2 Å². The molecule has 0 heterocycles. The minimum absolute atomic E-state index is 0.186. The van der Waals surface area contributed by atoms with Crippen LogP contribution in [-0.2, 0) is 11.2 Å². The fourth-order valence-electron chi connectivity index (χ4n) is 2.11. The summed E-state index contributed by atoms with van der Waals surface area (Å²) in [6.45, 7) is 0. The summed E-state index contributed by atoms with van der Waals surface area (Å²) in [5, 5.41) is 5.71. The van der Waals surface area contributed by atoms with Crippen LogP contribution in [0.4, 0.5) is 5.69 Å². The van der Waals surface area contributed by atoms with Gasteiger partial charge in [0.25, 0.3) is 0 Å². The van der Waals surface area contributed by atoms with E-state index in [1.165, 1.54) is 0 Å². The van der Waals surface area contributed by atoms with Crippen molar-refractivity contribution >= 4 is 46.4 Å². The summed E-state index contributed by atoms with van der Waals surface area (Å²) in [7, 11) is 1.54. The molecule has 0 radical (unpaired) electrons. The SMILES string of the molecule is COc1ccccc1N[C@@H](NC(=O)Cc1ccccc1)C(Cl)(Cl)Cl. The first kappa shape index (κ1) is 18.7. The highest BCUT2D eigenvalue weighted by atomic mass is 35.6. The second-order valence-electron chi connectivity index (χ2n) is 5.05. The van der Waals surface area contributed by atoms with Crippen molar-refractivity contribution in [3.8, 4) is 5.75 Å². The highest BCUT2D eigenvalue weighted by Gasteiger charge is 2.34. The smallest absolute Gasteiger partial charge is 0.228 e. The quantitative estimate of drug-likeness (QED) is 0.578. The van der Waals surface area contributed by atoms with Gasteiger partial charge in [-0.1, -0.05) is 77.3 Å². The number of nitrogens with one attached hydrogen (secondary N) is 2. The number of carbonyl (C=O) groups is 1. The Labute approximate surface area is 156 Å². The van der Waals surface area contributed by atoms with Gasteiger partial charge in [0.15, 0.2) is 0 Å². The molecule has 2 aromatic rings. The number of anilines is 1. The Kier molecular flexibility index (Phi) is 6.60. The molecule has 2 rings (SSSR count). The molecule has 7 heteroatoms. The Balaban J connectivity index is 2.10. The van der Waals surface area contributed by atoms with Crippen molar-refractivity contribution in [2.24, 2.45) is 0 Å². The van der Waals surface area contributed by atoms with Crippen LogP contribution in [0, 0.1) is 0 Å². The molecule has 2 N–H and O–H groups in total. The lowest BCUT2D eigenvalue weighted by atomic mass is 10.1. The van der Waals surface area contributed by atoms with E-state index >= 15 is 0 Å². The zero-order valence-electron chi connectivity index (χ0n) is 12.9. The van der Waals surface area contributed by atoms with Gasteiger partial charge in [-0.2, -0.15) is 0 Å². The highest BCUT2D eigenvalue weighted by Crippen LogP contribution is 2.33. The number of halogens is 3. The van der Waals surface area contributed by atoms with E-state index in [2.05, 4.69) is 10.6 Å². The molecule has 0 aliphatic carbocycles. The Morgan fingerprint density at radius 3 is 2.33 bits per heavy atom. The summed E-state index contributed by atoms with van der Waals surface area (Å²) < 4.78 is 3.51. The van der Waals surface area contributed by atoms with Crippen molar-refractivity contribution in [1.82, 2.24) is 5.32 Å². The standard InChI is InChI=1S/C17H17Cl3N2O2/c1-24-14-10-6-5-9-13(14)21-16(17(18,19)20)22-15(23)11-12-7-3-2-4-8-12/h2-10,16,21H,11H2,1H3,(H,22,23)/t16-/m0/s1. The summed E-state index contributed by atoms with van der Waals surface area (Å²) in [5.74, 6) is 0.314. The number of para-hydroxylation sites is 2. The zero-order chi connectivity index (χ0) is 17.6. The normalized spacial score (nSPS) is 12.3. The summed E-state index contributed by atoms with van der Waals surface area (Å²) in [4.78, 5) is 12.3. The fourth-order valence-corrected chi connectivity index (χ4v) is 2.44. The highest BCUT2D eigenvalue weighted by molar-refractivity contribution is 6.68. The Morgan fingerprint density at radius 1 is 1.08 bits per heavy atom. The van der Waals surface area contributed by atoms with Gasteiger partial charge in [-0.25, -0.2) is 0 Å². The summed E-state index contributed by atoms with van der Waals surface area (Å²) >= 11 is 18.0. The molecule has 0 fully saturated rings. The monoisotopic (exact) mass is 386 g/mol. The van der Waals surface area contributed by atoms with E-state index in [4.69, 9.17) is 39.5 Å². The molecule has 0 unspecified atom stereocenters. The van der Waals surface area contributed by atoms with E-state index < -0.39 is 9.96 Å². The minimum atomic E-state index is -1.74. The molecule has 0 aromatic heterocycles. The minimum Gasteiger partial charge on any atom is -0.495 e. The number of hydrogen-bond donors (Lipinski definition) is 2. The van der Waals surface area contributed by atoms with E-state index in [0.29, 0.717) is 11.4 Å². The number of carbonyl (C=O) groups excluding carboxylic acids is 1. The maximum Gasteiger partial charge on any atom is 0.228 e. The number of hydrogen-bond acceptors (Lipinski definition) is 3. The van der Waals surface area contributed by atoms with Crippen LogP contribution in [0.1, 0.15) is 5.56 Å². The molecule has 2 aromatic carbocycles. The van der Waals surface area contributed by atoms with Gasteiger partial charge in [-0.05, 0) is 17.7 Å². The van der Waals surface area contributed by atoms with Gasteiger partial charge in [-0.3, -0.25) is 4.79 Å². The third-order valence-corrected chi connectivity index (χ3v) is 3.90. The average molecular weight is 388 g/mol. The van der Waals surface area contributed by atoms with Crippen LogP contribution in [0.2, 0.25) is 0 Å². The van der Waals surface area contributed by atoms with Gasteiger partial charge in [0.05, 0.1) is 19.2 Å². The first-order chi connectivity index (χ1) is 11.4. The number of ether oxygens (including phenoxy) is 1. The Morgan fingerprint density at radius 2 is 1.71 bits per heavy atom. The summed E-state index contributed by atoms with van der Waals surface area (Å²) in [6.07, 6.45) is -0.735. The predicted octanol–water partition coefficient (Wildman–Crippen LogP) is 4.16. The van der Waals surface area contributed by atoms with Gasteiger partial charge in [-0.15, -0.1) is 0 Å². The van der Waals surface area contributed by atoms with E-state index in [0.717, 1.165) is 5.56 Å². The van der Waals surface area contributed by atoms with Crippen molar-refractivity contribution in [3.05, 3.63) is 60.2 Å². The van der Waals surface area contributed by atoms with E-state index in [-0.39, 0.29) is 12.3 Å². The lowest BCUT2D eigenvalue weighted by Crippen LogP contribution is -2.49. The number of benzene rings is 2. The maximum atomic E-state index is 12.3. The second kappa shape index (κ2) is 8.47. The topological polar surface area (TPSA) is 50.4 Å².